The molecule has 2 aromatic heterocycles. The zero-order valence-corrected chi connectivity index (χ0v) is 20.7. The van der Waals surface area contributed by atoms with E-state index in [9.17, 15) is 14.7 Å². The Kier molecular flexibility index (Phi) is 8.09. The summed E-state index contributed by atoms with van der Waals surface area (Å²) in [6.45, 7) is 2.93. The van der Waals surface area contributed by atoms with E-state index in [0.29, 0.717) is 68.5 Å². The van der Waals surface area contributed by atoms with Gasteiger partial charge < -0.3 is 30.5 Å². The molecule has 1 saturated carbocycles. The fourth-order valence-corrected chi connectivity index (χ4v) is 4.93. The molecule has 2 aromatic rings. The van der Waals surface area contributed by atoms with Crippen LogP contribution >= 0.6 is 11.8 Å². The molecule has 0 atom stereocenters. The quantitative estimate of drug-likeness (QED) is 0.379. The average molecular weight is 502 g/mol. The van der Waals surface area contributed by atoms with Gasteiger partial charge in [0, 0.05) is 25.8 Å². The first-order valence-electron chi connectivity index (χ1n) is 11.7. The minimum absolute atomic E-state index is 0.122. The lowest BCUT2D eigenvalue weighted by atomic mass is 9.81. The van der Waals surface area contributed by atoms with Crippen molar-refractivity contribution in [3.8, 4) is 11.6 Å². The molecule has 0 spiro atoms. The van der Waals surface area contributed by atoms with Crippen molar-refractivity contribution in [1.29, 1.82) is 0 Å². The van der Waals surface area contributed by atoms with Crippen molar-refractivity contribution < 1.29 is 24.2 Å². The van der Waals surface area contributed by atoms with Crippen LogP contribution in [0.2, 0.25) is 0 Å². The van der Waals surface area contributed by atoms with Crippen LogP contribution in [0.1, 0.15) is 38.3 Å². The number of hydrogen-bond donors (Lipinski definition) is 4. The highest BCUT2D eigenvalue weighted by atomic mass is 32.2. The van der Waals surface area contributed by atoms with Gasteiger partial charge in [-0.3, -0.25) is 9.59 Å². The molecular weight excluding hydrogens is 470 g/mol. The fraction of sp³-hybridized carbons (Fsp3) is 0.500. The Balaban J connectivity index is 1.29. The summed E-state index contributed by atoms with van der Waals surface area (Å²) in [5, 5.41) is 20.4. The Morgan fingerprint density at radius 2 is 1.97 bits per heavy atom. The van der Waals surface area contributed by atoms with Gasteiger partial charge in [-0.2, -0.15) is 0 Å². The highest BCUT2D eigenvalue weighted by Crippen LogP contribution is 2.37. The number of pyridine rings is 2. The molecule has 11 heteroatoms. The standard InChI is InChI=1S/C24H31N5O5S/c1-15(30)14-35-19-4-3-17(28-21(19)25-2)13-27-16-5-8-24(32,9-6-16)23(31)29-18-7-10-26-22-20(18)33-11-12-34-22/h3-4,7,10,16,27,32H,5-6,8-9,11-14H2,1-2H3,(H,25,28)(H,26,29,31). The molecule has 0 saturated heterocycles. The lowest BCUT2D eigenvalue weighted by Gasteiger charge is -2.35. The Labute approximate surface area is 208 Å². The summed E-state index contributed by atoms with van der Waals surface area (Å²) in [6, 6.07) is 5.72. The van der Waals surface area contributed by atoms with Crippen LogP contribution in [0, 0.1) is 0 Å². The molecule has 10 nitrogen and oxygen atoms in total. The van der Waals surface area contributed by atoms with Gasteiger partial charge in [0.1, 0.15) is 30.4 Å². The van der Waals surface area contributed by atoms with Crippen molar-refractivity contribution in [3.63, 3.8) is 0 Å². The molecule has 35 heavy (non-hydrogen) atoms. The number of thioether (sulfide) groups is 1. The summed E-state index contributed by atoms with van der Waals surface area (Å²) in [4.78, 5) is 33.9. The largest absolute Gasteiger partial charge is 0.483 e. The molecular formula is C24H31N5O5S. The smallest absolute Gasteiger partial charge is 0.259 e. The number of hydrogen-bond acceptors (Lipinski definition) is 10. The van der Waals surface area contributed by atoms with Gasteiger partial charge in [-0.25, -0.2) is 9.97 Å². The van der Waals surface area contributed by atoms with Crippen LogP contribution < -0.4 is 25.4 Å². The number of amides is 1. The van der Waals surface area contributed by atoms with Gasteiger partial charge in [-0.1, -0.05) is 0 Å². The van der Waals surface area contributed by atoms with Crippen LogP contribution in [0.5, 0.6) is 11.6 Å². The predicted octanol–water partition coefficient (Wildman–Crippen LogP) is 2.37. The van der Waals surface area contributed by atoms with Gasteiger partial charge in [-0.15, -0.1) is 11.8 Å². The maximum Gasteiger partial charge on any atom is 0.259 e. The summed E-state index contributed by atoms with van der Waals surface area (Å²) in [5.74, 6) is 1.57. The zero-order valence-electron chi connectivity index (χ0n) is 19.9. The number of aromatic nitrogens is 2. The third-order valence-electron chi connectivity index (χ3n) is 6.08. The van der Waals surface area contributed by atoms with Crippen LogP contribution in [0.4, 0.5) is 11.5 Å². The second-order valence-electron chi connectivity index (χ2n) is 8.72. The second kappa shape index (κ2) is 11.2. The third kappa shape index (κ3) is 6.22. The summed E-state index contributed by atoms with van der Waals surface area (Å²) in [7, 11) is 1.81. The first-order chi connectivity index (χ1) is 16.9. The molecule has 0 radical (unpaired) electrons. The number of aliphatic hydroxyl groups is 1. The summed E-state index contributed by atoms with van der Waals surface area (Å²) in [6.07, 6.45) is 3.54. The Morgan fingerprint density at radius 3 is 2.71 bits per heavy atom. The van der Waals surface area contributed by atoms with E-state index < -0.39 is 11.5 Å². The summed E-state index contributed by atoms with van der Waals surface area (Å²) < 4.78 is 11.0. The van der Waals surface area contributed by atoms with Gasteiger partial charge >= 0.3 is 0 Å². The van der Waals surface area contributed by atoms with Gasteiger partial charge in [0.25, 0.3) is 11.8 Å². The van der Waals surface area contributed by atoms with E-state index in [1.165, 1.54) is 18.0 Å². The highest BCUT2D eigenvalue weighted by molar-refractivity contribution is 8.00. The normalized spacial score (nSPS) is 21.3. The number of anilines is 2. The molecule has 0 bridgehead atoms. The number of carbonyl (C=O) groups excluding carboxylic acids is 2. The highest BCUT2D eigenvalue weighted by Gasteiger charge is 2.40. The molecule has 0 aromatic carbocycles. The number of Topliss-reactive ketones (excluding diaryl/α,β-unsaturated/α-hetero) is 1. The first-order valence-corrected chi connectivity index (χ1v) is 12.7. The van der Waals surface area contributed by atoms with Gasteiger partial charge in [0.2, 0.25) is 5.75 Å². The van der Waals surface area contributed by atoms with Crippen molar-refractivity contribution in [2.24, 2.45) is 0 Å². The van der Waals surface area contributed by atoms with Gasteiger partial charge in [0.05, 0.1) is 22.0 Å². The summed E-state index contributed by atoms with van der Waals surface area (Å²) >= 11 is 1.47. The number of ketones is 1. The number of nitrogens with one attached hydrogen (secondary N) is 3. The number of ether oxygens (including phenoxy) is 2. The number of rotatable bonds is 9. The molecule has 1 aliphatic heterocycles. The van der Waals surface area contributed by atoms with E-state index >= 15 is 0 Å². The van der Waals surface area contributed by atoms with E-state index in [4.69, 9.17) is 9.47 Å². The zero-order chi connectivity index (χ0) is 24.8. The van der Waals surface area contributed by atoms with Crippen LogP contribution in [0.3, 0.4) is 0 Å². The Hall–Kier alpha value is -2.89. The second-order valence-corrected chi connectivity index (χ2v) is 9.74. The van der Waals surface area contributed by atoms with E-state index in [1.54, 1.807) is 13.0 Å². The maximum atomic E-state index is 12.9. The lowest BCUT2D eigenvalue weighted by molar-refractivity contribution is -0.137. The van der Waals surface area contributed by atoms with Crippen molar-refractivity contribution in [3.05, 3.63) is 30.1 Å². The van der Waals surface area contributed by atoms with Crippen LogP contribution in [-0.4, -0.2) is 64.4 Å². The van der Waals surface area contributed by atoms with Crippen LogP contribution in [0.15, 0.2) is 29.3 Å². The van der Waals surface area contributed by atoms with Crippen LogP contribution in [0.25, 0.3) is 0 Å². The van der Waals surface area contributed by atoms with Crippen molar-refractivity contribution in [1.82, 2.24) is 15.3 Å². The van der Waals surface area contributed by atoms with Crippen LogP contribution in [-0.2, 0) is 16.1 Å². The van der Waals surface area contributed by atoms with Crippen molar-refractivity contribution >= 4 is 35.0 Å². The van der Waals surface area contributed by atoms with Crippen molar-refractivity contribution in [2.45, 2.75) is 55.7 Å². The SMILES string of the molecule is CNc1nc(CNC2CCC(O)(C(=O)Nc3ccnc4c3OCCO4)CC2)ccc1SCC(C)=O. The number of fused-ring (bicyclic) bond motifs is 1. The fourth-order valence-electron chi connectivity index (χ4n) is 4.13. The topological polar surface area (TPSA) is 135 Å². The average Bonchev–Trinajstić information content (AvgIpc) is 2.87. The molecule has 1 amide bonds. The Morgan fingerprint density at radius 1 is 1.20 bits per heavy atom. The molecule has 1 fully saturated rings. The van der Waals surface area contributed by atoms with E-state index in [1.807, 2.05) is 19.2 Å². The molecule has 3 heterocycles. The van der Waals surface area contributed by atoms with Gasteiger partial charge in [-0.05, 0) is 50.8 Å². The molecule has 2 aliphatic rings. The van der Waals surface area contributed by atoms with Crippen molar-refractivity contribution in [2.75, 3.05) is 36.6 Å². The summed E-state index contributed by atoms with van der Waals surface area (Å²) in [5.41, 5.74) is -0.119. The van der Waals surface area contributed by atoms with E-state index in [0.717, 1.165) is 16.4 Å². The van der Waals surface area contributed by atoms with E-state index in [2.05, 4.69) is 25.9 Å². The minimum Gasteiger partial charge on any atom is -0.483 e. The van der Waals surface area contributed by atoms with E-state index in [-0.39, 0.29) is 11.8 Å². The number of nitrogens with zero attached hydrogens (tertiary/aromatic N) is 2. The molecule has 1 aliphatic carbocycles. The molecule has 0 unspecified atom stereocenters. The number of carbonyl (C=O) groups is 2. The molecule has 4 N–H and O–H groups in total. The monoisotopic (exact) mass is 501 g/mol. The van der Waals surface area contributed by atoms with Gasteiger partial charge in [0.15, 0.2) is 0 Å². The molecule has 4 rings (SSSR count). The lowest BCUT2D eigenvalue weighted by Crippen LogP contribution is -2.48. The third-order valence-corrected chi connectivity index (χ3v) is 7.27. The maximum absolute atomic E-state index is 12.9. The first kappa shape index (κ1) is 25.2. The molecule has 188 valence electrons. The minimum atomic E-state index is -1.45. The Bertz CT molecular complexity index is 1070. The predicted molar refractivity (Wildman–Crippen MR) is 133 cm³/mol.